The van der Waals surface area contributed by atoms with Gasteiger partial charge in [-0.25, -0.2) is 0 Å². The average Bonchev–Trinajstić information content (AvgIpc) is 3.08. The molecule has 0 saturated carbocycles. The van der Waals surface area contributed by atoms with Gasteiger partial charge in [-0.15, -0.1) is 0 Å². The number of rotatable bonds is 5. The minimum absolute atomic E-state index is 0.0495. The quantitative estimate of drug-likeness (QED) is 0.181. The van der Waals surface area contributed by atoms with Gasteiger partial charge in [0.05, 0.1) is 11.3 Å². The number of carbonyl (C=O) groups excluding carboxylic acids is 2. The van der Waals surface area contributed by atoms with Crippen LogP contribution >= 0.6 is 34.8 Å². The van der Waals surface area contributed by atoms with Crippen LogP contribution in [-0.2, 0) is 11.3 Å². The lowest BCUT2D eigenvalue weighted by Crippen LogP contribution is -2.27. The molecule has 2 aromatic carbocycles. The van der Waals surface area contributed by atoms with Crippen molar-refractivity contribution in [1.82, 2.24) is 4.57 Å². The van der Waals surface area contributed by atoms with Crippen LogP contribution in [0.4, 0.5) is 5.69 Å². The second-order valence-electron chi connectivity index (χ2n) is 6.97. The first kappa shape index (κ1) is 22.0. The number of hydrogen-bond donors (Lipinski definition) is 2. The van der Waals surface area contributed by atoms with Gasteiger partial charge in [-0.2, -0.15) is 4.73 Å². The zero-order valence-electron chi connectivity index (χ0n) is 16.2. The summed E-state index contributed by atoms with van der Waals surface area (Å²) in [6.45, 7) is 0.410. The lowest BCUT2D eigenvalue weighted by Gasteiger charge is -2.08. The van der Waals surface area contributed by atoms with Crippen LogP contribution in [0.3, 0.4) is 0 Å². The van der Waals surface area contributed by atoms with E-state index in [0.29, 0.717) is 27.2 Å². The number of halogens is 3. The number of hydrogen-bond acceptors (Lipinski definition) is 4. The molecule has 0 aliphatic heterocycles. The smallest absolute Gasteiger partial charge is 0.296 e. The van der Waals surface area contributed by atoms with E-state index in [-0.39, 0.29) is 27.0 Å². The van der Waals surface area contributed by atoms with Gasteiger partial charge in [0.25, 0.3) is 11.7 Å². The number of fused-ring (bicyclic) bond motifs is 1. The summed E-state index contributed by atoms with van der Waals surface area (Å²) in [5, 5.41) is 24.5. The molecular formula is C22H14Cl3N3O4. The van der Waals surface area contributed by atoms with Gasteiger partial charge in [0, 0.05) is 28.7 Å². The molecule has 10 heteroatoms. The fraction of sp³-hybridized carbons (Fsp3) is 0.0455. The molecule has 0 fully saturated rings. The monoisotopic (exact) mass is 489 g/mol. The van der Waals surface area contributed by atoms with Gasteiger partial charge in [-0.05, 0) is 35.9 Å². The molecule has 2 heterocycles. The third kappa shape index (κ3) is 4.36. The number of aromatic nitrogens is 2. The number of benzene rings is 2. The standard InChI is InChI=1S/C22H14Cl3N3O4/c23-13-3-1-12(2-4-13)8-27-9-16(15-7-14(29)5-6-19(15)27)21(30)22(31)26-20-17(24)10-28(32)11-18(20)25/h1-7,9-11,29H,8H2,(H,26,31). The first-order chi connectivity index (χ1) is 15.2. The van der Waals surface area contributed by atoms with Crippen LogP contribution in [0.5, 0.6) is 5.75 Å². The number of anilines is 1. The molecule has 0 bridgehead atoms. The Bertz CT molecular complexity index is 1340. The Hall–Kier alpha value is -3.26. The van der Waals surface area contributed by atoms with Crippen LogP contribution in [0.15, 0.2) is 61.1 Å². The molecule has 0 aliphatic carbocycles. The summed E-state index contributed by atoms with van der Waals surface area (Å²) in [6, 6.07) is 11.8. The summed E-state index contributed by atoms with van der Waals surface area (Å²) in [5.41, 5.74) is 1.62. The topological polar surface area (TPSA) is 98.3 Å². The van der Waals surface area contributed by atoms with E-state index in [4.69, 9.17) is 34.8 Å². The Morgan fingerprint density at radius 2 is 1.69 bits per heavy atom. The molecule has 32 heavy (non-hydrogen) atoms. The van der Waals surface area contributed by atoms with Crippen LogP contribution in [-0.4, -0.2) is 21.4 Å². The van der Waals surface area contributed by atoms with Gasteiger partial charge in [0.15, 0.2) is 0 Å². The Balaban J connectivity index is 1.70. The average molecular weight is 491 g/mol. The van der Waals surface area contributed by atoms with Gasteiger partial charge in [-0.3, -0.25) is 9.59 Å². The highest BCUT2D eigenvalue weighted by molar-refractivity contribution is 6.50. The largest absolute Gasteiger partial charge is 0.619 e. The van der Waals surface area contributed by atoms with Crippen molar-refractivity contribution in [2.45, 2.75) is 6.54 Å². The van der Waals surface area contributed by atoms with Crippen LogP contribution in [0, 0.1) is 5.21 Å². The zero-order valence-corrected chi connectivity index (χ0v) is 18.4. The SMILES string of the molecule is O=C(Nc1c(Cl)c[n+]([O-])cc1Cl)C(=O)c1cn(Cc2ccc(Cl)cc2)c2ccc(O)cc12. The lowest BCUT2D eigenvalue weighted by atomic mass is 10.1. The van der Waals surface area contributed by atoms with Crippen molar-refractivity contribution >= 4 is 63.1 Å². The first-order valence-corrected chi connectivity index (χ1v) is 10.4. The van der Waals surface area contributed by atoms with E-state index < -0.39 is 11.7 Å². The highest BCUT2D eigenvalue weighted by atomic mass is 35.5. The maximum atomic E-state index is 13.0. The fourth-order valence-electron chi connectivity index (χ4n) is 3.30. The second kappa shape index (κ2) is 8.70. The molecule has 162 valence electrons. The van der Waals surface area contributed by atoms with Crippen molar-refractivity contribution in [3.8, 4) is 5.75 Å². The Labute approximate surface area is 196 Å². The van der Waals surface area contributed by atoms with Crippen molar-refractivity contribution < 1.29 is 19.4 Å². The first-order valence-electron chi connectivity index (χ1n) is 9.22. The van der Waals surface area contributed by atoms with E-state index in [2.05, 4.69) is 5.32 Å². The summed E-state index contributed by atoms with van der Waals surface area (Å²) in [7, 11) is 0. The van der Waals surface area contributed by atoms with Gasteiger partial charge >= 0.3 is 0 Å². The van der Waals surface area contributed by atoms with Crippen molar-refractivity contribution in [2.75, 3.05) is 5.32 Å². The number of phenolic OH excluding ortho intramolecular Hbond substituents is 1. The number of Topliss-reactive ketones (excluding diaryl/α,β-unsaturated/α-hetero) is 1. The molecule has 0 unspecified atom stereocenters. The van der Waals surface area contributed by atoms with Crippen molar-refractivity contribution in [3.05, 3.63) is 92.5 Å². The number of nitrogens with zero attached hydrogens (tertiary/aromatic N) is 2. The maximum absolute atomic E-state index is 13.0. The maximum Gasteiger partial charge on any atom is 0.296 e. The highest BCUT2D eigenvalue weighted by Gasteiger charge is 2.24. The summed E-state index contributed by atoms with van der Waals surface area (Å²) < 4.78 is 2.18. The van der Waals surface area contributed by atoms with E-state index in [0.717, 1.165) is 18.0 Å². The van der Waals surface area contributed by atoms with Gasteiger partial charge in [0.2, 0.25) is 12.4 Å². The third-order valence-electron chi connectivity index (χ3n) is 4.78. The molecule has 1 amide bonds. The van der Waals surface area contributed by atoms with Crippen molar-refractivity contribution in [3.63, 3.8) is 0 Å². The molecule has 0 radical (unpaired) electrons. The normalized spacial score (nSPS) is 11.0. The van der Waals surface area contributed by atoms with Crippen LogP contribution in [0.2, 0.25) is 15.1 Å². The van der Waals surface area contributed by atoms with Crippen molar-refractivity contribution in [2.24, 2.45) is 0 Å². The number of nitrogens with one attached hydrogen (secondary N) is 1. The summed E-state index contributed by atoms with van der Waals surface area (Å²) in [4.78, 5) is 25.7. The predicted molar refractivity (Wildman–Crippen MR) is 123 cm³/mol. The molecule has 0 atom stereocenters. The van der Waals surface area contributed by atoms with E-state index in [1.54, 1.807) is 29.0 Å². The molecular weight excluding hydrogens is 477 g/mol. The number of amides is 1. The van der Waals surface area contributed by atoms with E-state index in [9.17, 15) is 19.9 Å². The predicted octanol–water partition coefficient (Wildman–Crippen LogP) is 4.81. The third-order valence-corrected chi connectivity index (χ3v) is 5.60. The Kier molecular flexibility index (Phi) is 5.97. The molecule has 2 N–H and O–H groups in total. The molecule has 2 aromatic heterocycles. The number of carbonyl (C=O) groups is 2. The highest BCUT2D eigenvalue weighted by Crippen LogP contribution is 2.30. The number of phenols is 1. The van der Waals surface area contributed by atoms with Gasteiger partial charge < -0.3 is 20.2 Å². The Morgan fingerprint density at radius 1 is 1.03 bits per heavy atom. The summed E-state index contributed by atoms with van der Waals surface area (Å²) in [5.74, 6) is -1.90. The van der Waals surface area contributed by atoms with Crippen LogP contribution < -0.4 is 10.0 Å². The molecule has 0 aliphatic rings. The number of aromatic hydroxyl groups is 1. The number of pyridine rings is 1. The van der Waals surface area contributed by atoms with E-state index in [1.165, 1.54) is 12.1 Å². The Morgan fingerprint density at radius 3 is 2.34 bits per heavy atom. The summed E-state index contributed by atoms with van der Waals surface area (Å²) >= 11 is 17.9. The minimum atomic E-state index is -0.994. The van der Waals surface area contributed by atoms with E-state index in [1.807, 2.05) is 12.1 Å². The van der Waals surface area contributed by atoms with Crippen LogP contribution in [0.25, 0.3) is 10.9 Å². The number of ketones is 1. The molecule has 7 nitrogen and oxygen atoms in total. The van der Waals surface area contributed by atoms with Gasteiger partial charge in [0.1, 0.15) is 15.8 Å². The van der Waals surface area contributed by atoms with Crippen LogP contribution in [0.1, 0.15) is 15.9 Å². The fourth-order valence-corrected chi connectivity index (χ4v) is 3.96. The lowest BCUT2D eigenvalue weighted by molar-refractivity contribution is -0.605. The van der Waals surface area contributed by atoms with Crippen molar-refractivity contribution in [1.29, 1.82) is 0 Å². The zero-order chi connectivity index (χ0) is 23.0. The molecule has 4 aromatic rings. The summed E-state index contributed by atoms with van der Waals surface area (Å²) in [6.07, 6.45) is 3.55. The molecule has 4 rings (SSSR count). The molecule has 0 spiro atoms. The minimum Gasteiger partial charge on any atom is -0.619 e. The second-order valence-corrected chi connectivity index (χ2v) is 8.22. The van der Waals surface area contributed by atoms with Gasteiger partial charge in [-0.1, -0.05) is 46.9 Å². The van der Waals surface area contributed by atoms with E-state index >= 15 is 0 Å². The molecule has 0 saturated heterocycles.